The Balaban J connectivity index is 1.65. The Bertz CT molecular complexity index is 841. The fourth-order valence-electron chi connectivity index (χ4n) is 10.5. The van der Waals surface area contributed by atoms with E-state index in [1.165, 1.54) is 26.4 Å². The summed E-state index contributed by atoms with van der Waals surface area (Å²) in [6, 6.07) is 0. The fourth-order valence-corrected chi connectivity index (χ4v) is 10.5. The topological polar surface area (TPSA) is 76.0 Å². The molecule has 1 saturated heterocycles. The van der Waals surface area contributed by atoms with Gasteiger partial charge in [-0.15, -0.1) is 0 Å². The van der Waals surface area contributed by atoms with Crippen molar-refractivity contribution >= 4 is 5.97 Å². The minimum Gasteiger partial charge on any atom is -0.469 e. The molecule has 4 aliphatic rings. The molecule has 2 N–H and O–H groups in total. The molecule has 4 fully saturated rings. The zero-order chi connectivity index (χ0) is 26.9. The molecule has 36 heavy (non-hydrogen) atoms. The molecule has 0 aromatic rings. The van der Waals surface area contributed by atoms with Gasteiger partial charge in [0.25, 0.3) is 0 Å². The van der Waals surface area contributed by atoms with Crippen LogP contribution in [0.25, 0.3) is 0 Å². The lowest BCUT2D eigenvalue weighted by Gasteiger charge is -2.67. The number of hydrogen-bond donors (Lipinski definition) is 2. The van der Waals surface area contributed by atoms with E-state index in [9.17, 15) is 15.0 Å². The van der Waals surface area contributed by atoms with Crippen molar-refractivity contribution in [3.63, 3.8) is 0 Å². The van der Waals surface area contributed by atoms with Crippen molar-refractivity contribution in [1.29, 1.82) is 0 Å². The molecule has 0 radical (unpaired) electrons. The van der Waals surface area contributed by atoms with Crippen molar-refractivity contribution < 1.29 is 24.5 Å². The Labute approximate surface area is 220 Å². The lowest BCUT2D eigenvalue weighted by atomic mass is 9.37. The molecule has 5 nitrogen and oxygen atoms in total. The zero-order valence-corrected chi connectivity index (χ0v) is 24.6. The summed E-state index contributed by atoms with van der Waals surface area (Å²) in [6.45, 7) is 17.5. The number of fused-ring (bicyclic) bond motifs is 3. The van der Waals surface area contributed by atoms with E-state index in [0.29, 0.717) is 24.2 Å². The van der Waals surface area contributed by atoms with Crippen molar-refractivity contribution in [2.45, 2.75) is 143 Å². The van der Waals surface area contributed by atoms with Crippen LogP contribution in [0.1, 0.15) is 120 Å². The van der Waals surface area contributed by atoms with Gasteiger partial charge in [0.05, 0.1) is 30.0 Å². The fraction of sp³-hybridized carbons (Fsp3) is 0.968. The molecule has 1 heterocycles. The van der Waals surface area contributed by atoms with E-state index in [0.717, 1.165) is 38.5 Å². The summed E-state index contributed by atoms with van der Waals surface area (Å²) in [7, 11) is 1.47. The van der Waals surface area contributed by atoms with Gasteiger partial charge in [-0.25, -0.2) is 0 Å². The van der Waals surface area contributed by atoms with E-state index in [1.54, 1.807) is 0 Å². The van der Waals surface area contributed by atoms with Gasteiger partial charge in [-0.05, 0) is 132 Å². The predicted molar refractivity (Wildman–Crippen MR) is 142 cm³/mol. The Morgan fingerprint density at radius 1 is 0.861 bits per heavy atom. The standard InChI is InChI=1S/C31H54O5/c1-26(2,33)22-13-18-30(7)23(28(22,5)16-15-25(32)35-9)11-10-20-21(12-17-29(20,30)6)31(8)19-14-24(36-31)27(3,4)34/h20-24,33-34H,10-19H2,1-9H3/t20-,21+,22+,23-,24+,28+,29-,30-,31-/m1/s1. The number of carbonyl (C=O) groups excluding carboxylic acids is 1. The molecule has 4 rings (SSSR count). The Kier molecular flexibility index (Phi) is 7.05. The monoisotopic (exact) mass is 506 g/mol. The zero-order valence-electron chi connectivity index (χ0n) is 24.6. The maximum Gasteiger partial charge on any atom is 0.305 e. The second-order valence-corrected chi connectivity index (χ2v) is 15.2. The molecule has 208 valence electrons. The molecule has 0 aromatic carbocycles. The number of aliphatic hydroxyl groups is 2. The summed E-state index contributed by atoms with van der Waals surface area (Å²) in [4.78, 5) is 12.2. The van der Waals surface area contributed by atoms with Crippen molar-refractivity contribution in [3.05, 3.63) is 0 Å². The SMILES string of the molecule is COC(=O)CC[C@]1(C)[C@H]2CC[C@@H]3[C@@H]([C@@]4(C)CC[C@@H](C(C)(C)O)O4)CC[C@@]3(C)[C@]2(C)CC[C@H]1C(C)(C)O. The maximum absolute atomic E-state index is 12.2. The lowest BCUT2D eigenvalue weighted by molar-refractivity contribution is -0.212. The first-order valence-corrected chi connectivity index (χ1v) is 14.6. The quantitative estimate of drug-likeness (QED) is 0.414. The number of carbonyl (C=O) groups is 1. The van der Waals surface area contributed by atoms with Gasteiger partial charge in [0, 0.05) is 6.42 Å². The van der Waals surface area contributed by atoms with Crippen LogP contribution in [0.3, 0.4) is 0 Å². The summed E-state index contributed by atoms with van der Waals surface area (Å²) in [5.74, 6) is 1.59. The van der Waals surface area contributed by atoms with Crippen LogP contribution < -0.4 is 0 Å². The molecular weight excluding hydrogens is 452 g/mol. The summed E-state index contributed by atoms with van der Waals surface area (Å²) in [5, 5.41) is 21.9. The molecule has 1 aliphatic heterocycles. The number of ether oxygens (including phenoxy) is 2. The Morgan fingerprint density at radius 2 is 1.50 bits per heavy atom. The first-order chi connectivity index (χ1) is 16.4. The summed E-state index contributed by atoms with van der Waals surface area (Å²) in [5.41, 5.74) is -1.52. The van der Waals surface area contributed by atoms with Crippen LogP contribution in [0.5, 0.6) is 0 Å². The van der Waals surface area contributed by atoms with E-state index < -0.39 is 11.2 Å². The van der Waals surface area contributed by atoms with Gasteiger partial charge in [-0.3, -0.25) is 4.79 Å². The van der Waals surface area contributed by atoms with Gasteiger partial charge in [-0.1, -0.05) is 20.8 Å². The van der Waals surface area contributed by atoms with E-state index in [1.807, 2.05) is 27.7 Å². The first-order valence-electron chi connectivity index (χ1n) is 14.6. The summed E-state index contributed by atoms with van der Waals surface area (Å²) in [6.07, 6.45) is 9.89. The maximum atomic E-state index is 12.2. The van der Waals surface area contributed by atoms with Crippen LogP contribution in [0, 0.1) is 39.9 Å². The van der Waals surface area contributed by atoms with Gasteiger partial charge < -0.3 is 19.7 Å². The lowest BCUT2D eigenvalue weighted by Crippen LogP contribution is -2.62. The highest BCUT2D eigenvalue weighted by Gasteiger charge is 2.69. The molecule has 3 saturated carbocycles. The van der Waals surface area contributed by atoms with E-state index in [2.05, 4.69) is 27.7 Å². The van der Waals surface area contributed by atoms with Gasteiger partial charge in [0.15, 0.2) is 0 Å². The Morgan fingerprint density at radius 3 is 2.06 bits per heavy atom. The van der Waals surface area contributed by atoms with Crippen molar-refractivity contribution in [2.75, 3.05) is 7.11 Å². The van der Waals surface area contributed by atoms with Gasteiger partial charge in [0.1, 0.15) is 0 Å². The van der Waals surface area contributed by atoms with Crippen LogP contribution >= 0.6 is 0 Å². The predicted octanol–water partition coefficient (Wildman–Crippen LogP) is 6.28. The van der Waals surface area contributed by atoms with Gasteiger partial charge in [0.2, 0.25) is 0 Å². The van der Waals surface area contributed by atoms with E-state index in [4.69, 9.17) is 9.47 Å². The second-order valence-electron chi connectivity index (χ2n) is 15.2. The van der Waals surface area contributed by atoms with Crippen molar-refractivity contribution in [2.24, 2.45) is 39.9 Å². The summed E-state index contributed by atoms with van der Waals surface area (Å²) < 4.78 is 11.7. The van der Waals surface area contributed by atoms with E-state index >= 15 is 0 Å². The highest BCUT2D eigenvalue weighted by Crippen LogP contribution is 2.74. The molecule has 0 bridgehead atoms. The highest BCUT2D eigenvalue weighted by atomic mass is 16.5. The van der Waals surface area contributed by atoms with Crippen LogP contribution in [-0.4, -0.2) is 46.2 Å². The number of rotatable bonds is 6. The molecule has 0 amide bonds. The number of methoxy groups -OCH3 is 1. The molecule has 0 unspecified atom stereocenters. The van der Waals surface area contributed by atoms with Gasteiger partial charge in [-0.2, -0.15) is 0 Å². The minimum atomic E-state index is -0.805. The number of hydrogen-bond acceptors (Lipinski definition) is 5. The largest absolute Gasteiger partial charge is 0.469 e. The van der Waals surface area contributed by atoms with Crippen molar-refractivity contribution in [3.8, 4) is 0 Å². The van der Waals surface area contributed by atoms with Crippen LogP contribution in [-0.2, 0) is 14.3 Å². The molecule has 9 atom stereocenters. The minimum absolute atomic E-state index is 0.0925. The molecule has 5 heteroatoms. The molecule has 0 spiro atoms. The molecule has 0 aromatic heterocycles. The van der Waals surface area contributed by atoms with Crippen LogP contribution in [0.15, 0.2) is 0 Å². The normalized spacial score (nSPS) is 47.4. The van der Waals surface area contributed by atoms with Crippen LogP contribution in [0.2, 0.25) is 0 Å². The smallest absolute Gasteiger partial charge is 0.305 e. The third-order valence-electron chi connectivity index (χ3n) is 12.5. The highest BCUT2D eigenvalue weighted by molar-refractivity contribution is 5.69. The first kappa shape index (κ1) is 28.4. The molecular formula is C31H54O5. The average molecular weight is 507 g/mol. The van der Waals surface area contributed by atoms with E-state index in [-0.39, 0.29) is 39.8 Å². The average Bonchev–Trinajstić information content (AvgIpc) is 3.33. The third kappa shape index (κ3) is 4.28. The second kappa shape index (κ2) is 8.95. The number of esters is 1. The Hall–Kier alpha value is -0.650. The summed E-state index contributed by atoms with van der Waals surface area (Å²) >= 11 is 0. The third-order valence-corrected chi connectivity index (χ3v) is 12.5. The molecule has 3 aliphatic carbocycles. The van der Waals surface area contributed by atoms with Gasteiger partial charge >= 0.3 is 5.97 Å². The van der Waals surface area contributed by atoms with Crippen LogP contribution in [0.4, 0.5) is 0 Å². The van der Waals surface area contributed by atoms with Crippen molar-refractivity contribution in [1.82, 2.24) is 0 Å².